The van der Waals surface area contributed by atoms with Crippen molar-refractivity contribution in [2.45, 2.75) is 18.2 Å². The Kier molecular flexibility index (Phi) is 3.91. The van der Waals surface area contributed by atoms with E-state index in [0.29, 0.717) is 0 Å². The van der Waals surface area contributed by atoms with Crippen LogP contribution in [0.5, 0.6) is 0 Å². The van der Waals surface area contributed by atoms with Gasteiger partial charge in [-0.2, -0.15) is 17.6 Å². The third kappa shape index (κ3) is 3.81. The average Bonchev–Trinajstić information content (AvgIpc) is 1.25. The summed E-state index contributed by atoms with van der Waals surface area (Å²) in [6.45, 7) is 0. The van der Waals surface area contributed by atoms with Crippen LogP contribution in [0.1, 0.15) is 7.43 Å². The molecule has 0 saturated heterocycles. The Morgan fingerprint density at radius 1 is 0.889 bits per heavy atom. The third-order valence-electron chi connectivity index (χ3n) is 0.321. The van der Waals surface area contributed by atoms with E-state index in [2.05, 4.69) is 23.2 Å². The van der Waals surface area contributed by atoms with Crippen molar-refractivity contribution in [2.75, 3.05) is 0 Å². The summed E-state index contributed by atoms with van der Waals surface area (Å²) < 4.78 is 40.0. The number of rotatable bonds is 0. The lowest BCUT2D eigenvalue weighted by Gasteiger charge is -2.11. The first-order valence-electron chi connectivity index (χ1n) is 1.38. The van der Waals surface area contributed by atoms with Crippen molar-refractivity contribution in [3.8, 4) is 0 Å². The Morgan fingerprint density at radius 3 is 1.00 bits per heavy atom. The van der Waals surface area contributed by atoms with Crippen molar-refractivity contribution < 1.29 is 17.6 Å². The minimum atomic E-state index is -5.20. The molecule has 0 fully saturated rings. The van der Waals surface area contributed by atoms with E-state index in [1.54, 1.807) is 0 Å². The topological polar surface area (TPSA) is 0 Å². The molecule has 0 aromatic heterocycles. The highest BCUT2D eigenvalue weighted by Crippen LogP contribution is 2.40. The van der Waals surface area contributed by atoms with Gasteiger partial charge in [-0.3, -0.25) is 0 Å². The molecule has 0 aromatic rings. The van der Waals surface area contributed by atoms with Crippen LogP contribution in [0.4, 0.5) is 17.6 Å². The van der Waals surface area contributed by atoms with E-state index in [4.69, 9.17) is 0 Å². The quantitative estimate of drug-likeness (QED) is 0.403. The van der Waals surface area contributed by atoms with Crippen LogP contribution in [0.2, 0.25) is 0 Å². The molecule has 0 aromatic carbocycles. The van der Waals surface area contributed by atoms with Crippen LogP contribution in [0, 0.1) is 0 Å². The minimum absolute atomic E-state index is 0. The molecule has 0 nitrogen and oxygen atoms in total. The maximum Gasteiger partial charge on any atom is 0.452 e. The summed E-state index contributed by atoms with van der Waals surface area (Å²) in [6.07, 6.45) is -5.20. The Hall–Kier alpha value is 0.300. The summed E-state index contributed by atoms with van der Waals surface area (Å²) in [5.41, 5.74) is 0. The molecule has 0 unspecified atom stereocenters. The van der Waals surface area contributed by atoms with Crippen LogP contribution in [0.3, 0.4) is 0 Å². The van der Waals surface area contributed by atoms with E-state index in [9.17, 15) is 17.6 Å². The van der Waals surface area contributed by atoms with Crippen molar-refractivity contribution in [1.29, 1.82) is 0 Å². The van der Waals surface area contributed by atoms with E-state index in [0.717, 1.165) is 0 Å². The van der Waals surface area contributed by atoms with E-state index in [-0.39, 0.29) is 7.43 Å². The molecule has 9 heavy (non-hydrogen) atoms. The SMILES string of the molecule is C.FC(F)(F)C(F)(Cl)Cl. The van der Waals surface area contributed by atoms with Crippen molar-refractivity contribution in [2.24, 2.45) is 0 Å². The maximum absolute atomic E-state index is 11.3. The third-order valence-corrected chi connectivity index (χ3v) is 0.750. The Balaban J connectivity index is 0. The monoisotopic (exact) mass is 186 g/mol. The van der Waals surface area contributed by atoms with Crippen molar-refractivity contribution in [3.63, 3.8) is 0 Å². The number of hydrogen-bond donors (Lipinski definition) is 0. The highest BCUT2D eigenvalue weighted by Gasteiger charge is 2.53. The lowest BCUT2D eigenvalue weighted by atomic mass is 10.7. The van der Waals surface area contributed by atoms with Gasteiger partial charge in [0.05, 0.1) is 0 Å². The van der Waals surface area contributed by atoms with Gasteiger partial charge in [0.1, 0.15) is 0 Å². The van der Waals surface area contributed by atoms with Gasteiger partial charge in [-0.15, -0.1) is 0 Å². The molecule has 0 bridgehead atoms. The number of hydrogen-bond acceptors (Lipinski definition) is 0. The Morgan fingerprint density at radius 2 is 1.00 bits per heavy atom. The summed E-state index contributed by atoms with van der Waals surface area (Å²) in [5.74, 6) is 0. The van der Waals surface area contributed by atoms with Gasteiger partial charge < -0.3 is 0 Å². The second-order valence-corrected chi connectivity index (χ2v) is 2.23. The van der Waals surface area contributed by atoms with Gasteiger partial charge in [0.25, 0.3) is 0 Å². The second kappa shape index (κ2) is 2.92. The van der Waals surface area contributed by atoms with Crippen LogP contribution < -0.4 is 0 Å². The molecule has 0 aliphatic carbocycles. The van der Waals surface area contributed by atoms with Gasteiger partial charge in [-0.05, 0) is 0 Å². The zero-order chi connectivity index (χ0) is 7.00. The highest BCUT2D eigenvalue weighted by atomic mass is 35.5. The first-order valence-corrected chi connectivity index (χ1v) is 2.14. The fourth-order valence-corrected chi connectivity index (χ4v) is 0. The molecule has 0 spiro atoms. The first kappa shape index (κ1) is 12.0. The highest BCUT2D eigenvalue weighted by molar-refractivity contribution is 6.47. The molecule has 0 amide bonds. The molecular weight excluding hydrogens is 183 g/mol. The van der Waals surface area contributed by atoms with E-state index >= 15 is 0 Å². The van der Waals surface area contributed by atoms with Gasteiger partial charge in [0.15, 0.2) is 0 Å². The lowest BCUT2D eigenvalue weighted by molar-refractivity contribution is -0.170. The summed E-state index contributed by atoms with van der Waals surface area (Å²) in [6, 6.07) is 0. The summed E-state index contributed by atoms with van der Waals surface area (Å²) in [4.78, 5) is 0. The molecule has 0 aliphatic rings. The van der Waals surface area contributed by atoms with Gasteiger partial charge in [-0.1, -0.05) is 30.6 Å². The van der Waals surface area contributed by atoms with Crippen molar-refractivity contribution >= 4 is 23.2 Å². The van der Waals surface area contributed by atoms with Crippen LogP contribution in [-0.4, -0.2) is 10.8 Å². The molecule has 0 radical (unpaired) electrons. The van der Waals surface area contributed by atoms with Gasteiger partial charge >= 0.3 is 10.8 Å². The fraction of sp³-hybridized carbons (Fsp3) is 1.00. The molecule has 0 atom stereocenters. The van der Waals surface area contributed by atoms with E-state index in [1.807, 2.05) is 0 Å². The molecule has 0 aliphatic heterocycles. The molecule has 0 N–H and O–H groups in total. The van der Waals surface area contributed by atoms with Crippen LogP contribution in [0.15, 0.2) is 0 Å². The predicted octanol–water partition coefficient (Wildman–Crippen LogP) is 3.29. The largest absolute Gasteiger partial charge is 0.452 e. The smallest absolute Gasteiger partial charge is 0.198 e. The standard InChI is InChI=1S/C2Cl2F4.CH4/c3-1(4,5)2(6,7)8;/h;1H4. The number of alkyl halides is 6. The summed E-state index contributed by atoms with van der Waals surface area (Å²) in [5, 5.41) is 0. The van der Waals surface area contributed by atoms with E-state index in [1.165, 1.54) is 0 Å². The molecular formula is C3H4Cl2F4. The number of halogens is 6. The molecule has 0 rings (SSSR count). The maximum atomic E-state index is 11.3. The van der Waals surface area contributed by atoms with Gasteiger partial charge in [0, 0.05) is 0 Å². The van der Waals surface area contributed by atoms with Crippen LogP contribution >= 0.6 is 23.2 Å². The minimum Gasteiger partial charge on any atom is -0.198 e. The zero-order valence-corrected chi connectivity index (χ0v) is 4.78. The average molecular weight is 187 g/mol. The van der Waals surface area contributed by atoms with Crippen molar-refractivity contribution in [1.82, 2.24) is 0 Å². The Labute approximate surface area is 59.7 Å². The summed E-state index contributed by atoms with van der Waals surface area (Å²) >= 11 is 7.97. The fourth-order valence-electron chi connectivity index (χ4n) is 0. The predicted molar refractivity (Wildman–Crippen MR) is 28.3 cm³/mol. The van der Waals surface area contributed by atoms with Gasteiger partial charge in [-0.25, -0.2) is 0 Å². The summed E-state index contributed by atoms with van der Waals surface area (Å²) in [7, 11) is 0. The Bertz CT molecular complexity index is 68.8. The van der Waals surface area contributed by atoms with Crippen LogP contribution in [-0.2, 0) is 0 Å². The van der Waals surface area contributed by atoms with Crippen LogP contribution in [0.25, 0.3) is 0 Å². The lowest BCUT2D eigenvalue weighted by Crippen LogP contribution is -2.28. The zero-order valence-electron chi connectivity index (χ0n) is 3.27. The second-order valence-electron chi connectivity index (χ2n) is 0.996. The molecule has 0 saturated carbocycles. The molecule has 58 valence electrons. The molecule has 0 heterocycles. The first-order chi connectivity index (χ1) is 3.25. The normalized spacial score (nSPS) is 12.7. The van der Waals surface area contributed by atoms with Crippen molar-refractivity contribution in [3.05, 3.63) is 0 Å². The molecule has 6 heteroatoms. The van der Waals surface area contributed by atoms with Gasteiger partial charge in [0.2, 0.25) is 0 Å². The van der Waals surface area contributed by atoms with E-state index < -0.39 is 10.8 Å².